The van der Waals surface area contributed by atoms with Crippen LogP contribution in [-0.2, 0) is 6.42 Å². The zero-order valence-electron chi connectivity index (χ0n) is 13.2. The molecule has 21 heavy (non-hydrogen) atoms. The summed E-state index contributed by atoms with van der Waals surface area (Å²) in [6, 6.07) is 16.5. The van der Waals surface area contributed by atoms with E-state index in [1.165, 1.54) is 11.1 Å². The first kappa shape index (κ1) is 15.6. The van der Waals surface area contributed by atoms with Gasteiger partial charge < -0.3 is 10.5 Å². The van der Waals surface area contributed by atoms with Gasteiger partial charge in [-0.25, -0.2) is 0 Å². The van der Waals surface area contributed by atoms with Gasteiger partial charge in [0.25, 0.3) is 0 Å². The van der Waals surface area contributed by atoms with Crippen molar-refractivity contribution in [2.45, 2.75) is 33.2 Å². The van der Waals surface area contributed by atoms with Crippen LogP contribution < -0.4 is 10.5 Å². The predicted octanol–water partition coefficient (Wildman–Crippen LogP) is 4.27. The molecule has 2 aromatic carbocycles. The molecule has 2 aromatic rings. The summed E-state index contributed by atoms with van der Waals surface area (Å²) in [5, 5.41) is 0. The Hall–Kier alpha value is -1.80. The quantitative estimate of drug-likeness (QED) is 0.859. The number of benzene rings is 2. The Balaban J connectivity index is 1.92. The number of hydrogen-bond acceptors (Lipinski definition) is 2. The van der Waals surface area contributed by atoms with Crippen LogP contribution in [0.1, 0.15) is 36.6 Å². The Bertz CT molecular complexity index is 560. The normalized spacial score (nSPS) is 12.4. The average Bonchev–Trinajstić information content (AvgIpc) is 2.45. The molecule has 0 aromatic heterocycles. The molecule has 0 heterocycles. The van der Waals surface area contributed by atoms with Gasteiger partial charge in [0, 0.05) is 0 Å². The van der Waals surface area contributed by atoms with Crippen molar-refractivity contribution in [1.29, 1.82) is 0 Å². The van der Waals surface area contributed by atoms with E-state index >= 15 is 0 Å². The lowest BCUT2D eigenvalue weighted by Crippen LogP contribution is -2.19. The van der Waals surface area contributed by atoms with E-state index in [2.05, 4.69) is 51.1 Å². The van der Waals surface area contributed by atoms with Gasteiger partial charge in [-0.3, -0.25) is 0 Å². The summed E-state index contributed by atoms with van der Waals surface area (Å²) in [5.74, 6) is 1.55. The Morgan fingerprint density at radius 2 is 1.76 bits per heavy atom. The fourth-order valence-electron chi connectivity index (χ4n) is 2.36. The molecular weight excluding hydrogens is 258 g/mol. The van der Waals surface area contributed by atoms with E-state index in [0.717, 1.165) is 17.7 Å². The van der Waals surface area contributed by atoms with Crippen LogP contribution >= 0.6 is 0 Å². The van der Waals surface area contributed by atoms with Crippen LogP contribution in [0, 0.1) is 12.8 Å². The lowest BCUT2D eigenvalue weighted by Gasteiger charge is -2.15. The van der Waals surface area contributed by atoms with Crippen molar-refractivity contribution in [3.63, 3.8) is 0 Å². The van der Waals surface area contributed by atoms with Crippen molar-refractivity contribution >= 4 is 0 Å². The number of ether oxygens (including phenoxy) is 1. The van der Waals surface area contributed by atoms with Crippen LogP contribution in [-0.4, -0.2) is 6.61 Å². The van der Waals surface area contributed by atoms with Crippen molar-refractivity contribution < 1.29 is 4.74 Å². The average molecular weight is 283 g/mol. The third-order valence-electron chi connectivity index (χ3n) is 3.47. The molecule has 0 bridgehead atoms. The highest BCUT2D eigenvalue weighted by Crippen LogP contribution is 2.17. The SMILES string of the molecule is Cc1cccc(OCC(N)c2ccc(CC(C)C)cc2)c1. The first-order chi connectivity index (χ1) is 10.0. The summed E-state index contributed by atoms with van der Waals surface area (Å²) in [6.45, 7) is 7.01. The molecule has 2 nitrogen and oxygen atoms in total. The van der Waals surface area contributed by atoms with Crippen LogP contribution in [0.5, 0.6) is 5.75 Å². The van der Waals surface area contributed by atoms with Gasteiger partial charge in [0.05, 0.1) is 6.04 Å². The monoisotopic (exact) mass is 283 g/mol. The number of rotatable bonds is 6. The zero-order chi connectivity index (χ0) is 15.2. The highest BCUT2D eigenvalue weighted by atomic mass is 16.5. The summed E-state index contributed by atoms with van der Waals surface area (Å²) in [6.07, 6.45) is 1.11. The largest absolute Gasteiger partial charge is 0.492 e. The lowest BCUT2D eigenvalue weighted by atomic mass is 10.00. The summed E-state index contributed by atoms with van der Waals surface area (Å²) in [4.78, 5) is 0. The molecule has 0 aliphatic heterocycles. The molecule has 1 atom stereocenters. The zero-order valence-corrected chi connectivity index (χ0v) is 13.2. The summed E-state index contributed by atoms with van der Waals surface area (Å²) >= 11 is 0. The van der Waals surface area contributed by atoms with E-state index in [1.807, 2.05) is 18.2 Å². The van der Waals surface area contributed by atoms with Crippen LogP contribution in [0.2, 0.25) is 0 Å². The van der Waals surface area contributed by atoms with Crippen molar-refractivity contribution in [2.24, 2.45) is 11.7 Å². The second-order valence-electron chi connectivity index (χ2n) is 6.07. The molecule has 0 aliphatic carbocycles. The highest BCUT2D eigenvalue weighted by molar-refractivity contribution is 5.28. The Kier molecular flexibility index (Phi) is 5.40. The van der Waals surface area contributed by atoms with E-state index in [9.17, 15) is 0 Å². The van der Waals surface area contributed by atoms with Crippen molar-refractivity contribution in [2.75, 3.05) is 6.61 Å². The number of nitrogens with two attached hydrogens (primary N) is 1. The fourth-order valence-corrected chi connectivity index (χ4v) is 2.36. The standard InChI is InChI=1S/C19H25NO/c1-14(2)11-16-7-9-17(10-8-16)19(20)13-21-18-6-4-5-15(3)12-18/h4-10,12,14,19H,11,13,20H2,1-3H3. The Morgan fingerprint density at radius 3 is 2.38 bits per heavy atom. The maximum absolute atomic E-state index is 6.21. The molecule has 0 saturated carbocycles. The lowest BCUT2D eigenvalue weighted by molar-refractivity contribution is 0.290. The maximum Gasteiger partial charge on any atom is 0.119 e. The van der Waals surface area contributed by atoms with Crippen LogP contribution in [0.25, 0.3) is 0 Å². The molecular formula is C19H25NO. The van der Waals surface area contributed by atoms with Gasteiger partial charge in [-0.1, -0.05) is 50.2 Å². The minimum Gasteiger partial charge on any atom is -0.492 e. The van der Waals surface area contributed by atoms with E-state index in [4.69, 9.17) is 10.5 Å². The van der Waals surface area contributed by atoms with Crippen LogP contribution in [0.4, 0.5) is 0 Å². The van der Waals surface area contributed by atoms with Crippen LogP contribution in [0.3, 0.4) is 0 Å². The molecule has 2 N–H and O–H groups in total. The van der Waals surface area contributed by atoms with Gasteiger partial charge in [0.1, 0.15) is 12.4 Å². The Labute approximate surface area is 127 Å². The second kappa shape index (κ2) is 7.28. The molecule has 0 saturated heterocycles. The fraction of sp³-hybridized carbons (Fsp3) is 0.368. The van der Waals surface area contributed by atoms with Gasteiger partial charge >= 0.3 is 0 Å². The van der Waals surface area contributed by atoms with Gasteiger partial charge in [-0.05, 0) is 48.1 Å². The van der Waals surface area contributed by atoms with Crippen molar-refractivity contribution in [3.8, 4) is 5.75 Å². The Morgan fingerprint density at radius 1 is 1.05 bits per heavy atom. The third kappa shape index (κ3) is 4.91. The molecule has 112 valence electrons. The third-order valence-corrected chi connectivity index (χ3v) is 3.47. The highest BCUT2D eigenvalue weighted by Gasteiger charge is 2.07. The molecule has 0 fully saturated rings. The van der Waals surface area contributed by atoms with Gasteiger partial charge in [0.15, 0.2) is 0 Å². The van der Waals surface area contributed by atoms with Crippen molar-refractivity contribution in [3.05, 3.63) is 65.2 Å². The number of aryl methyl sites for hydroxylation is 1. The van der Waals surface area contributed by atoms with E-state index < -0.39 is 0 Å². The first-order valence-electron chi connectivity index (χ1n) is 7.58. The van der Waals surface area contributed by atoms with E-state index in [-0.39, 0.29) is 6.04 Å². The topological polar surface area (TPSA) is 35.2 Å². The molecule has 2 heteroatoms. The summed E-state index contributed by atoms with van der Waals surface area (Å²) in [7, 11) is 0. The maximum atomic E-state index is 6.21. The first-order valence-corrected chi connectivity index (χ1v) is 7.58. The summed E-state index contributed by atoms with van der Waals surface area (Å²) < 4.78 is 5.77. The van der Waals surface area contributed by atoms with Gasteiger partial charge in [-0.15, -0.1) is 0 Å². The van der Waals surface area contributed by atoms with Crippen LogP contribution in [0.15, 0.2) is 48.5 Å². The van der Waals surface area contributed by atoms with E-state index in [1.54, 1.807) is 0 Å². The van der Waals surface area contributed by atoms with Crippen molar-refractivity contribution in [1.82, 2.24) is 0 Å². The van der Waals surface area contributed by atoms with E-state index in [0.29, 0.717) is 12.5 Å². The molecule has 0 aliphatic rings. The second-order valence-corrected chi connectivity index (χ2v) is 6.07. The smallest absolute Gasteiger partial charge is 0.119 e. The minimum atomic E-state index is -0.0985. The molecule has 0 amide bonds. The predicted molar refractivity (Wildman–Crippen MR) is 88.6 cm³/mol. The molecule has 2 rings (SSSR count). The number of hydrogen-bond donors (Lipinski definition) is 1. The molecule has 1 unspecified atom stereocenters. The summed E-state index contributed by atoms with van der Waals surface area (Å²) in [5.41, 5.74) is 9.88. The molecule has 0 radical (unpaired) electrons. The minimum absolute atomic E-state index is 0.0985. The van der Waals surface area contributed by atoms with Gasteiger partial charge in [0.2, 0.25) is 0 Å². The van der Waals surface area contributed by atoms with Gasteiger partial charge in [-0.2, -0.15) is 0 Å². The molecule has 0 spiro atoms.